The molecule has 0 amide bonds. The van der Waals surface area contributed by atoms with Crippen LogP contribution in [0.5, 0.6) is 0 Å². The lowest BCUT2D eigenvalue weighted by Gasteiger charge is -2.27. The molecule has 0 aromatic carbocycles. The van der Waals surface area contributed by atoms with E-state index in [4.69, 9.17) is 0 Å². The van der Waals surface area contributed by atoms with Crippen LogP contribution in [-0.4, -0.2) is 23.0 Å². The maximum Gasteiger partial charge on any atom is 0.203 e. The first-order valence-electron chi connectivity index (χ1n) is 3.03. The minimum atomic E-state index is 0.106. The first kappa shape index (κ1) is 7.09. The van der Waals surface area contributed by atoms with Gasteiger partial charge in [0.05, 0.1) is 6.54 Å². The van der Waals surface area contributed by atoms with Gasteiger partial charge in [-0.25, -0.2) is 0 Å². The zero-order chi connectivity index (χ0) is 6.91. The summed E-state index contributed by atoms with van der Waals surface area (Å²) in [6, 6.07) is 0. The van der Waals surface area contributed by atoms with Gasteiger partial charge in [0.1, 0.15) is 0 Å². The fourth-order valence-electron chi connectivity index (χ4n) is 0.846. The average Bonchev–Trinajstić information content (AvgIpc) is 1.60. The lowest BCUT2D eigenvalue weighted by atomic mass is 10.2. The SMILES string of the molecule is CC1(C)CNCC(=O)S1. The summed E-state index contributed by atoms with van der Waals surface area (Å²) in [5.41, 5.74) is 0. The number of nitrogens with one attached hydrogen (secondary N) is 1. The van der Waals surface area contributed by atoms with Crippen LogP contribution in [0, 0.1) is 0 Å². The molecule has 1 aliphatic rings. The van der Waals surface area contributed by atoms with Crippen molar-refractivity contribution in [3.05, 3.63) is 0 Å². The molecule has 0 bridgehead atoms. The Morgan fingerprint density at radius 1 is 1.67 bits per heavy atom. The highest BCUT2D eigenvalue weighted by atomic mass is 32.2. The summed E-state index contributed by atoms with van der Waals surface area (Å²) >= 11 is 1.44. The molecule has 3 heteroatoms. The zero-order valence-electron chi connectivity index (χ0n) is 5.73. The van der Waals surface area contributed by atoms with Crippen LogP contribution < -0.4 is 5.32 Å². The Hall–Kier alpha value is -0.0200. The molecule has 1 heterocycles. The van der Waals surface area contributed by atoms with Gasteiger partial charge in [-0.05, 0) is 13.8 Å². The van der Waals surface area contributed by atoms with E-state index in [-0.39, 0.29) is 9.86 Å². The number of carbonyl (C=O) groups excluding carboxylic acids is 1. The van der Waals surface area contributed by atoms with E-state index < -0.39 is 0 Å². The molecule has 0 aromatic heterocycles. The lowest BCUT2D eigenvalue weighted by molar-refractivity contribution is -0.110. The molecule has 1 aliphatic heterocycles. The van der Waals surface area contributed by atoms with Gasteiger partial charge in [-0.1, -0.05) is 11.8 Å². The van der Waals surface area contributed by atoms with Gasteiger partial charge in [-0.2, -0.15) is 0 Å². The summed E-state index contributed by atoms with van der Waals surface area (Å²) in [4.78, 5) is 10.8. The van der Waals surface area contributed by atoms with Crippen LogP contribution in [0.25, 0.3) is 0 Å². The fourth-order valence-corrected chi connectivity index (χ4v) is 1.81. The van der Waals surface area contributed by atoms with Crippen molar-refractivity contribution in [3.8, 4) is 0 Å². The van der Waals surface area contributed by atoms with Crippen molar-refractivity contribution < 1.29 is 4.79 Å². The molecule has 1 rings (SSSR count). The molecule has 0 atom stereocenters. The second kappa shape index (κ2) is 2.31. The van der Waals surface area contributed by atoms with E-state index in [9.17, 15) is 4.79 Å². The minimum Gasteiger partial charge on any atom is -0.308 e. The van der Waals surface area contributed by atoms with Gasteiger partial charge < -0.3 is 5.32 Å². The Labute approximate surface area is 59.4 Å². The number of hydrogen-bond acceptors (Lipinski definition) is 3. The first-order valence-corrected chi connectivity index (χ1v) is 3.84. The Bertz CT molecular complexity index is 133. The van der Waals surface area contributed by atoms with Gasteiger partial charge in [-0.3, -0.25) is 4.79 Å². The summed E-state index contributed by atoms with van der Waals surface area (Å²) < 4.78 is 0.106. The highest BCUT2D eigenvalue weighted by Crippen LogP contribution is 2.26. The van der Waals surface area contributed by atoms with Crippen LogP contribution in [0.3, 0.4) is 0 Å². The molecular weight excluding hydrogens is 134 g/mol. The predicted molar refractivity (Wildman–Crippen MR) is 39.5 cm³/mol. The summed E-state index contributed by atoms with van der Waals surface area (Å²) in [6.45, 7) is 5.61. The molecule has 0 aliphatic carbocycles. The monoisotopic (exact) mass is 145 g/mol. The number of thioether (sulfide) groups is 1. The Kier molecular flexibility index (Phi) is 1.82. The second-order valence-corrected chi connectivity index (χ2v) is 4.60. The quantitative estimate of drug-likeness (QED) is 0.542. The topological polar surface area (TPSA) is 29.1 Å². The van der Waals surface area contributed by atoms with E-state index in [0.29, 0.717) is 6.54 Å². The predicted octanol–water partition coefficient (Wildman–Crippen LogP) is 0.628. The number of rotatable bonds is 0. The molecule has 0 spiro atoms. The van der Waals surface area contributed by atoms with Crippen LogP contribution >= 0.6 is 11.8 Å². The van der Waals surface area contributed by atoms with Gasteiger partial charge in [0, 0.05) is 11.3 Å². The van der Waals surface area contributed by atoms with E-state index in [1.165, 1.54) is 11.8 Å². The van der Waals surface area contributed by atoms with Crippen molar-refractivity contribution in [2.24, 2.45) is 0 Å². The Morgan fingerprint density at radius 2 is 2.33 bits per heavy atom. The van der Waals surface area contributed by atoms with Gasteiger partial charge >= 0.3 is 0 Å². The van der Waals surface area contributed by atoms with Crippen LogP contribution in [0.1, 0.15) is 13.8 Å². The second-order valence-electron chi connectivity index (χ2n) is 2.84. The smallest absolute Gasteiger partial charge is 0.203 e. The van der Waals surface area contributed by atoms with Crippen LogP contribution in [0.4, 0.5) is 0 Å². The molecule has 52 valence electrons. The van der Waals surface area contributed by atoms with E-state index >= 15 is 0 Å². The van der Waals surface area contributed by atoms with Crippen molar-refractivity contribution >= 4 is 16.9 Å². The largest absolute Gasteiger partial charge is 0.308 e. The van der Waals surface area contributed by atoms with Crippen molar-refractivity contribution in [2.45, 2.75) is 18.6 Å². The summed E-state index contributed by atoms with van der Waals surface area (Å²) in [6.07, 6.45) is 0. The molecule has 0 radical (unpaired) electrons. The van der Waals surface area contributed by atoms with Crippen molar-refractivity contribution in [3.63, 3.8) is 0 Å². The molecule has 1 N–H and O–H groups in total. The van der Waals surface area contributed by atoms with Crippen molar-refractivity contribution in [2.75, 3.05) is 13.1 Å². The highest BCUT2D eigenvalue weighted by Gasteiger charge is 2.26. The molecule has 0 unspecified atom stereocenters. The standard InChI is InChI=1S/C6H11NOS/c1-6(2)4-7-3-5(8)9-6/h7H,3-4H2,1-2H3. The fraction of sp³-hybridized carbons (Fsp3) is 0.833. The van der Waals surface area contributed by atoms with Crippen LogP contribution in [0.15, 0.2) is 0 Å². The summed E-state index contributed by atoms with van der Waals surface area (Å²) in [5.74, 6) is 0. The summed E-state index contributed by atoms with van der Waals surface area (Å²) in [7, 11) is 0. The lowest BCUT2D eigenvalue weighted by Crippen LogP contribution is -2.41. The van der Waals surface area contributed by atoms with Gasteiger partial charge in [0.2, 0.25) is 5.12 Å². The Balaban J connectivity index is 2.51. The van der Waals surface area contributed by atoms with Crippen molar-refractivity contribution in [1.82, 2.24) is 5.32 Å². The molecule has 0 saturated carbocycles. The van der Waals surface area contributed by atoms with Gasteiger partial charge in [0.15, 0.2) is 0 Å². The van der Waals surface area contributed by atoms with E-state index in [1.807, 2.05) is 0 Å². The van der Waals surface area contributed by atoms with Crippen LogP contribution in [0.2, 0.25) is 0 Å². The average molecular weight is 145 g/mol. The molecule has 2 nitrogen and oxygen atoms in total. The highest BCUT2D eigenvalue weighted by molar-refractivity contribution is 8.14. The summed E-state index contributed by atoms with van der Waals surface area (Å²) in [5, 5.41) is 3.31. The third-order valence-corrected chi connectivity index (χ3v) is 2.28. The zero-order valence-corrected chi connectivity index (χ0v) is 6.55. The van der Waals surface area contributed by atoms with Gasteiger partial charge in [-0.15, -0.1) is 0 Å². The third kappa shape index (κ3) is 1.99. The van der Waals surface area contributed by atoms with E-state index in [0.717, 1.165) is 6.54 Å². The van der Waals surface area contributed by atoms with Crippen molar-refractivity contribution in [1.29, 1.82) is 0 Å². The third-order valence-electron chi connectivity index (χ3n) is 1.21. The normalized spacial score (nSPS) is 26.2. The number of hydrogen-bond donors (Lipinski definition) is 1. The Morgan fingerprint density at radius 3 is 2.67 bits per heavy atom. The molecule has 0 aromatic rings. The molecule has 1 fully saturated rings. The maximum absolute atomic E-state index is 10.8. The molecule has 9 heavy (non-hydrogen) atoms. The molecule has 1 saturated heterocycles. The van der Waals surface area contributed by atoms with Crippen LogP contribution in [-0.2, 0) is 4.79 Å². The van der Waals surface area contributed by atoms with E-state index in [1.54, 1.807) is 0 Å². The van der Waals surface area contributed by atoms with E-state index in [2.05, 4.69) is 19.2 Å². The first-order chi connectivity index (χ1) is 4.10. The molecular formula is C6H11NOS. The number of carbonyl (C=O) groups is 1. The van der Waals surface area contributed by atoms with Gasteiger partial charge in [0.25, 0.3) is 0 Å². The minimum absolute atomic E-state index is 0.106. The maximum atomic E-state index is 10.8.